The van der Waals surface area contributed by atoms with Crippen LogP contribution in [-0.2, 0) is 4.79 Å². The molecule has 0 saturated carbocycles. The Morgan fingerprint density at radius 2 is 2.12 bits per heavy atom. The average Bonchev–Trinajstić information content (AvgIpc) is 2.30. The molecule has 1 aromatic rings. The monoisotopic (exact) mass is 237 g/mol. The molecule has 1 rings (SSSR count). The third kappa shape index (κ3) is 3.21. The largest absolute Gasteiger partial charge is 0.504 e. The highest BCUT2D eigenvalue weighted by Crippen LogP contribution is 2.27. The number of carbonyl (C=O) groups excluding carboxylic acids is 2. The van der Waals surface area contributed by atoms with Crippen LogP contribution in [0.2, 0.25) is 0 Å². The van der Waals surface area contributed by atoms with Gasteiger partial charge in [-0.2, -0.15) is 0 Å². The zero-order chi connectivity index (χ0) is 13.0. The lowest BCUT2D eigenvalue weighted by Crippen LogP contribution is -2.35. The fourth-order valence-corrected chi connectivity index (χ4v) is 1.30. The molecule has 1 N–H and O–H groups in total. The number of hydrogen-bond acceptors (Lipinski definition) is 4. The third-order valence-electron chi connectivity index (χ3n) is 2.21. The van der Waals surface area contributed by atoms with Crippen molar-refractivity contribution < 1.29 is 19.4 Å². The van der Waals surface area contributed by atoms with E-state index in [9.17, 15) is 14.7 Å². The molecule has 0 fully saturated rings. The molecule has 0 aromatic heterocycles. The highest BCUT2D eigenvalue weighted by Gasteiger charge is 2.18. The fraction of sp³-hybridized carbons (Fsp3) is 0.333. The molecule has 0 spiro atoms. The van der Waals surface area contributed by atoms with Crippen LogP contribution in [0.4, 0.5) is 0 Å². The number of likely N-dealkylation sites (N-methyl/N-ethyl adjacent to an activating group) is 1. The molecule has 0 bridgehead atoms. The first kappa shape index (κ1) is 13.0. The number of rotatable bonds is 4. The number of amides is 1. The summed E-state index contributed by atoms with van der Waals surface area (Å²) in [6.45, 7) is 1.58. The molecule has 5 nitrogen and oxygen atoms in total. The summed E-state index contributed by atoms with van der Waals surface area (Å²) in [6, 6.07) is 4.21. The SMILES string of the molecule is CC(Oc1cc(C=O)ccc1O)C(=O)N(C)C. The first-order valence-electron chi connectivity index (χ1n) is 5.11. The summed E-state index contributed by atoms with van der Waals surface area (Å²) < 4.78 is 5.31. The van der Waals surface area contributed by atoms with Gasteiger partial charge in [0.2, 0.25) is 0 Å². The number of nitrogens with zero attached hydrogens (tertiary/aromatic N) is 1. The number of phenols is 1. The van der Waals surface area contributed by atoms with Crippen LogP contribution in [0.25, 0.3) is 0 Å². The average molecular weight is 237 g/mol. The van der Waals surface area contributed by atoms with Gasteiger partial charge in [-0.1, -0.05) is 0 Å². The predicted molar refractivity (Wildman–Crippen MR) is 62.3 cm³/mol. The van der Waals surface area contributed by atoms with Crippen molar-refractivity contribution in [1.82, 2.24) is 4.90 Å². The molecular formula is C12H15NO4. The smallest absolute Gasteiger partial charge is 0.262 e. The Morgan fingerprint density at radius 1 is 1.47 bits per heavy atom. The molecular weight excluding hydrogens is 222 g/mol. The van der Waals surface area contributed by atoms with Crippen LogP contribution in [0.1, 0.15) is 17.3 Å². The molecule has 0 aliphatic heterocycles. The minimum Gasteiger partial charge on any atom is -0.504 e. The van der Waals surface area contributed by atoms with Crippen LogP contribution in [0.3, 0.4) is 0 Å². The number of benzene rings is 1. The zero-order valence-electron chi connectivity index (χ0n) is 10.0. The van der Waals surface area contributed by atoms with Crippen LogP contribution in [0.5, 0.6) is 11.5 Å². The summed E-state index contributed by atoms with van der Waals surface area (Å²) in [6.07, 6.45) is -0.0807. The van der Waals surface area contributed by atoms with E-state index in [2.05, 4.69) is 0 Å². The number of phenolic OH excluding ortho intramolecular Hbond substituents is 1. The van der Waals surface area contributed by atoms with Crippen LogP contribution in [0, 0.1) is 0 Å². The van der Waals surface area contributed by atoms with Crippen molar-refractivity contribution in [3.8, 4) is 11.5 Å². The summed E-state index contributed by atoms with van der Waals surface area (Å²) in [4.78, 5) is 23.5. The highest BCUT2D eigenvalue weighted by atomic mass is 16.5. The van der Waals surface area contributed by atoms with Crippen molar-refractivity contribution in [1.29, 1.82) is 0 Å². The summed E-state index contributed by atoms with van der Waals surface area (Å²) in [5, 5.41) is 9.53. The van der Waals surface area contributed by atoms with Crippen LogP contribution >= 0.6 is 0 Å². The van der Waals surface area contributed by atoms with Gasteiger partial charge in [0.25, 0.3) is 5.91 Å². The fourth-order valence-electron chi connectivity index (χ4n) is 1.30. The van der Waals surface area contributed by atoms with Gasteiger partial charge in [-0.3, -0.25) is 9.59 Å². The van der Waals surface area contributed by atoms with E-state index in [1.807, 2.05) is 0 Å². The first-order valence-corrected chi connectivity index (χ1v) is 5.11. The van der Waals surface area contributed by atoms with E-state index in [0.29, 0.717) is 11.8 Å². The first-order chi connectivity index (χ1) is 7.95. The number of aromatic hydroxyl groups is 1. The lowest BCUT2D eigenvalue weighted by atomic mass is 10.2. The Balaban J connectivity index is 2.87. The maximum Gasteiger partial charge on any atom is 0.262 e. The van der Waals surface area contributed by atoms with Gasteiger partial charge in [0.05, 0.1) is 0 Å². The molecule has 92 valence electrons. The summed E-state index contributed by atoms with van der Waals surface area (Å²) in [5.74, 6) is -0.202. The minimum absolute atomic E-state index is 0.103. The van der Waals surface area contributed by atoms with Gasteiger partial charge in [-0.25, -0.2) is 0 Å². The van der Waals surface area contributed by atoms with Gasteiger partial charge in [0.15, 0.2) is 17.6 Å². The Kier molecular flexibility index (Phi) is 4.09. The van der Waals surface area contributed by atoms with Crippen molar-refractivity contribution in [2.45, 2.75) is 13.0 Å². The van der Waals surface area contributed by atoms with E-state index < -0.39 is 6.10 Å². The number of ether oxygens (including phenoxy) is 1. The van der Waals surface area contributed by atoms with Crippen molar-refractivity contribution in [3.63, 3.8) is 0 Å². The summed E-state index contributed by atoms with van der Waals surface area (Å²) in [5.41, 5.74) is 0.377. The van der Waals surface area contributed by atoms with E-state index in [0.717, 1.165) is 0 Å². The maximum atomic E-state index is 11.6. The predicted octanol–water partition coefficient (Wildman–Crippen LogP) is 1.06. The van der Waals surface area contributed by atoms with Gasteiger partial charge < -0.3 is 14.7 Å². The second-order valence-electron chi connectivity index (χ2n) is 3.84. The van der Waals surface area contributed by atoms with Crippen LogP contribution < -0.4 is 4.74 Å². The molecule has 1 unspecified atom stereocenters. The molecule has 1 amide bonds. The Bertz CT molecular complexity index is 429. The number of hydrogen-bond donors (Lipinski definition) is 1. The lowest BCUT2D eigenvalue weighted by molar-refractivity contribution is -0.135. The molecule has 17 heavy (non-hydrogen) atoms. The van der Waals surface area contributed by atoms with Crippen LogP contribution in [-0.4, -0.2) is 42.4 Å². The number of aldehydes is 1. The molecule has 0 heterocycles. The molecule has 0 aliphatic carbocycles. The molecule has 0 aliphatic rings. The van der Waals surface area contributed by atoms with Crippen molar-refractivity contribution in [2.24, 2.45) is 0 Å². The molecule has 1 aromatic carbocycles. The van der Waals surface area contributed by atoms with Crippen molar-refractivity contribution >= 4 is 12.2 Å². The second-order valence-corrected chi connectivity index (χ2v) is 3.84. The second kappa shape index (κ2) is 5.34. The zero-order valence-corrected chi connectivity index (χ0v) is 10.0. The van der Waals surface area contributed by atoms with E-state index in [1.54, 1.807) is 21.0 Å². The quantitative estimate of drug-likeness (QED) is 0.795. The molecule has 1 atom stereocenters. The van der Waals surface area contributed by atoms with Crippen molar-refractivity contribution in [3.05, 3.63) is 23.8 Å². The van der Waals surface area contributed by atoms with E-state index in [1.165, 1.54) is 23.1 Å². The molecule has 0 radical (unpaired) electrons. The van der Waals surface area contributed by atoms with E-state index in [4.69, 9.17) is 4.74 Å². The summed E-state index contributed by atoms with van der Waals surface area (Å²) >= 11 is 0. The highest BCUT2D eigenvalue weighted by molar-refractivity contribution is 5.80. The third-order valence-corrected chi connectivity index (χ3v) is 2.21. The van der Waals surface area contributed by atoms with E-state index in [-0.39, 0.29) is 17.4 Å². The standard InChI is InChI=1S/C12H15NO4/c1-8(12(16)13(2)3)17-11-6-9(7-14)4-5-10(11)15/h4-8,15H,1-3H3. The Labute approximate surface area is 99.6 Å². The maximum absolute atomic E-state index is 11.6. The minimum atomic E-state index is -0.724. The van der Waals surface area contributed by atoms with Gasteiger partial charge in [0.1, 0.15) is 6.29 Å². The van der Waals surface area contributed by atoms with Gasteiger partial charge in [-0.15, -0.1) is 0 Å². The summed E-state index contributed by atoms with van der Waals surface area (Å²) in [7, 11) is 3.23. The van der Waals surface area contributed by atoms with Gasteiger partial charge >= 0.3 is 0 Å². The molecule has 5 heteroatoms. The van der Waals surface area contributed by atoms with Gasteiger partial charge in [-0.05, 0) is 25.1 Å². The van der Waals surface area contributed by atoms with Crippen molar-refractivity contribution in [2.75, 3.05) is 14.1 Å². The number of carbonyl (C=O) groups is 2. The van der Waals surface area contributed by atoms with Crippen LogP contribution in [0.15, 0.2) is 18.2 Å². The molecule has 0 saturated heterocycles. The van der Waals surface area contributed by atoms with E-state index >= 15 is 0 Å². The van der Waals surface area contributed by atoms with Gasteiger partial charge in [0, 0.05) is 19.7 Å². The lowest BCUT2D eigenvalue weighted by Gasteiger charge is -2.18. The Hall–Kier alpha value is -2.04. The normalized spacial score (nSPS) is 11.7. The topological polar surface area (TPSA) is 66.8 Å². The Morgan fingerprint density at radius 3 is 2.65 bits per heavy atom.